The van der Waals surface area contributed by atoms with Crippen LogP contribution in [-0.4, -0.2) is 38.8 Å². The number of rotatable bonds is 13. The zero-order valence-electron chi connectivity index (χ0n) is 24.7. The van der Waals surface area contributed by atoms with Crippen LogP contribution in [0, 0.1) is 5.82 Å². The molecule has 12 nitrogen and oxygen atoms in total. The van der Waals surface area contributed by atoms with Gasteiger partial charge in [-0.3, -0.25) is 9.59 Å². The fraction of sp³-hybridized carbons (Fsp3) is 0.156. The number of nitrogens with two attached hydrogens (primary N) is 4. The maximum absolute atomic E-state index is 13.4. The average Bonchev–Trinajstić information content (AvgIpc) is 3.01. The smallest absolute Gasteiger partial charge is 0.255 e. The van der Waals surface area contributed by atoms with Crippen LogP contribution < -0.4 is 37.7 Å². The summed E-state index contributed by atoms with van der Waals surface area (Å²) >= 11 is 0. The molecule has 0 radical (unpaired) electrons. The van der Waals surface area contributed by atoms with E-state index in [0.717, 1.165) is 11.1 Å². The Morgan fingerprint density at radius 1 is 0.870 bits per heavy atom. The average molecular weight is 648 g/mol. The molecule has 46 heavy (non-hydrogen) atoms. The molecule has 10 N–H and O–H groups in total. The highest BCUT2D eigenvalue weighted by molar-refractivity contribution is 7.89. The number of benzene rings is 4. The number of anilines is 1. The summed E-state index contributed by atoms with van der Waals surface area (Å²) in [5.74, 6) is -1.17. The Hall–Kier alpha value is -5.31. The Morgan fingerprint density at radius 2 is 1.50 bits per heavy atom. The summed E-state index contributed by atoms with van der Waals surface area (Å²) in [5, 5.41) is 10.7. The molecule has 0 aromatic heterocycles. The Bertz CT molecular complexity index is 1810. The van der Waals surface area contributed by atoms with E-state index in [1.807, 2.05) is 0 Å². The van der Waals surface area contributed by atoms with E-state index in [9.17, 15) is 22.4 Å². The second kappa shape index (κ2) is 15.1. The first-order valence-electron chi connectivity index (χ1n) is 14.0. The van der Waals surface area contributed by atoms with Gasteiger partial charge >= 0.3 is 0 Å². The summed E-state index contributed by atoms with van der Waals surface area (Å²) in [5.41, 5.74) is 20.3. The van der Waals surface area contributed by atoms with Gasteiger partial charge in [-0.05, 0) is 78.1 Å². The predicted molar refractivity (Wildman–Crippen MR) is 173 cm³/mol. The molecule has 0 fully saturated rings. The lowest BCUT2D eigenvalue weighted by molar-refractivity contribution is -0.117. The molecular weight excluding hydrogens is 613 g/mol. The van der Waals surface area contributed by atoms with Crippen LogP contribution in [-0.2, 0) is 34.3 Å². The third kappa shape index (κ3) is 9.85. The third-order valence-electron chi connectivity index (χ3n) is 6.74. The van der Waals surface area contributed by atoms with Gasteiger partial charge in [0.25, 0.3) is 5.91 Å². The Morgan fingerprint density at radius 3 is 2.13 bits per heavy atom. The number of hydrogen-bond acceptors (Lipinski definition) is 7. The highest BCUT2D eigenvalue weighted by Crippen LogP contribution is 2.25. The molecule has 4 aromatic rings. The number of aliphatic imine (C=N–C) groups is 1. The number of carbonyl (C=O) groups excluding carboxylic acids is 2. The number of sulfonamides is 1. The fourth-order valence-corrected chi connectivity index (χ4v) is 4.86. The fourth-order valence-electron chi connectivity index (χ4n) is 4.35. The quantitative estimate of drug-likeness (QED) is 0.0933. The first kappa shape index (κ1) is 33.6. The van der Waals surface area contributed by atoms with Gasteiger partial charge in [0.15, 0.2) is 5.96 Å². The molecule has 0 aliphatic heterocycles. The van der Waals surface area contributed by atoms with Crippen molar-refractivity contribution in [1.82, 2.24) is 5.32 Å². The second-order valence-corrected chi connectivity index (χ2v) is 11.9. The van der Waals surface area contributed by atoms with Crippen LogP contribution in [0.5, 0.6) is 5.75 Å². The first-order chi connectivity index (χ1) is 21.9. The maximum Gasteiger partial charge on any atom is 0.255 e. The van der Waals surface area contributed by atoms with Crippen LogP contribution in [0.15, 0.2) is 101 Å². The molecule has 4 aromatic carbocycles. The standard InChI is InChI=1S/C32H34FN7O5S/c33-23-7-1-22(2-8-23)19-45-29-18-25(39-31(42)28(34)17-21-3-9-24(10-4-21)40-32(35)36)11-14-27(29)30(41)38-16-15-20-5-12-26(13-6-20)46(37,43)44/h1-14,18,28H,15-17,19,34H2,(H,38,41)(H,39,42)(H4,35,36,40)(H2,37,43,44)/t28-/m0/s1. The molecule has 0 spiro atoms. The van der Waals surface area contributed by atoms with Crippen molar-refractivity contribution in [1.29, 1.82) is 0 Å². The van der Waals surface area contributed by atoms with E-state index in [0.29, 0.717) is 23.4 Å². The lowest BCUT2D eigenvalue weighted by Crippen LogP contribution is -2.37. The molecule has 4 rings (SSSR count). The molecule has 0 aliphatic carbocycles. The zero-order chi connectivity index (χ0) is 33.3. The minimum absolute atomic E-state index is 0.00505. The van der Waals surface area contributed by atoms with Crippen LogP contribution >= 0.6 is 0 Å². The molecule has 2 amide bonds. The van der Waals surface area contributed by atoms with Crippen LogP contribution in [0.2, 0.25) is 0 Å². The molecule has 0 bridgehead atoms. The van der Waals surface area contributed by atoms with Gasteiger partial charge in [-0.2, -0.15) is 0 Å². The van der Waals surface area contributed by atoms with Crippen molar-refractivity contribution in [2.45, 2.75) is 30.4 Å². The molecule has 0 saturated carbocycles. The van der Waals surface area contributed by atoms with Gasteiger partial charge in [0.1, 0.15) is 18.2 Å². The second-order valence-electron chi connectivity index (χ2n) is 10.3. The normalized spacial score (nSPS) is 11.7. The van der Waals surface area contributed by atoms with Gasteiger partial charge in [0.2, 0.25) is 15.9 Å². The van der Waals surface area contributed by atoms with Crippen molar-refractivity contribution >= 4 is 39.2 Å². The van der Waals surface area contributed by atoms with Crippen LogP contribution in [0.1, 0.15) is 27.0 Å². The highest BCUT2D eigenvalue weighted by Gasteiger charge is 2.18. The number of carbonyl (C=O) groups is 2. The van der Waals surface area contributed by atoms with Gasteiger partial charge in [-0.25, -0.2) is 22.9 Å². The molecular formula is C32H34FN7O5S. The van der Waals surface area contributed by atoms with Gasteiger partial charge < -0.3 is 32.6 Å². The molecule has 240 valence electrons. The van der Waals surface area contributed by atoms with Crippen molar-refractivity contribution < 1.29 is 27.1 Å². The van der Waals surface area contributed by atoms with E-state index < -0.39 is 33.7 Å². The first-order valence-corrected chi connectivity index (χ1v) is 15.6. The molecule has 1 atom stereocenters. The lowest BCUT2D eigenvalue weighted by atomic mass is 10.1. The summed E-state index contributed by atoms with van der Waals surface area (Å²) in [4.78, 5) is 30.0. The Balaban J connectivity index is 1.44. The van der Waals surface area contributed by atoms with Crippen LogP contribution in [0.4, 0.5) is 15.8 Å². The molecule has 0 saturated heterocycles. The monoisotopic (exact) mass is 647 g/mol. The number of nitrogens with one attached hydrogen (secondary N) is 2. The number of nitrogens with zero attached hydrogens (tertiary/aromatic N) is 1. The summed E-state index contributed by atoms with van der Waals surface area (Å²) in [6.45, 7) is 0.273. The minimum Gasteiger partial charge on any atom is -0.488 e. The molecule has 0 aliphatic rings. The molecule has 14 heteroatoms. The van der Waals surface area contributed by atoms with Crippen molar-refractivity contribution in [3.63, 3.8) is 0 Å². The summed E-state index contributed by atoms with van der Waals surface area (Å²) < 4.78 is 42.3. The van der Waals surface area contributed by atoms with Gasteiger partial charge in [0.05, 0.1) is 22.2 Å². The van der Waals surface area contributed by atoms with Crippen molar-refractivity contribution in [2.75, 3.05) is 11.9 Å². The minimum atomic E-state index is -3.80. The molecule has 0 unspecified atom stereocenters. The van der Waals surface area contributed by atoms with E-state index in [-0.39, 0.29) is 41.7 Å². The van der Waals surface area contributed by atoms with Gasteiger partial charge in [0, 0.05) is 18.3 Å². The van der Waals surface area contributed by atoms with Crippen molar-refractivity contribution in [3.8, 4) is 5.75 Å². The zero-order valence-corrected chi connectivity index (χ0v) is 25.5. The van der Waals surface area contributed by atoms with E-state index in [4.69, 9.17) is 27.1 Å². The van der Waals surface area contributed by atoms with Gasteiger partial charge in [-0.1, -0.05) is 36.4 Å². The largest absolute Gasteiger partial charge is 0.488 e. The summed E-state index contributed by atoms with van der Waals surface area (Å²) in [6, 6.07) is 22.4. The Labute approximate surface area is 265 Å². The number of ether oxygens (including phenoxy) is 1. The molecule has 0 heterocycles. The van der Waals surface area contributed by atoms with Crippen LogP contribution in [0.3, 0.4) is 0 Å². The highest BCUT2D eigenvalue weighted by atomic mass is 32.2. The number of guanidine groups is 1. The maximum atomic E-state index is 13.4. The van der Waals surface area contributed by atoms with Gasteiger partial charge in [-0.15, -0.1) is 0 Å². The van der Waals surface area contributed by atoms with E-state index in [2.05, 4.69) is 15.6 Å². The van der Waals surface area contributed by atoms with E-state index in [1.54, 1.807) is 54.6 Å². The number of halogens is 1. The SMILES string of the molecule is NC(N)=Nc1ccc(C[C@H](N)C(=O)Nc2ccc(C(=O)NCCc3ccc(S(N)(=O)=O)cc3)c(OCc3ccc(F)cc3)c2)cc1. The van der Waals surface area contributed by atoms with Crippen molar-refractivity contribution in [3.05, 3.63) is 119 Å². The van der Waals surface area contributed by atoms with E-state index in [1.165, 1.54) is 36.4 Å². The van der Waals surface area contributed by atoms with E-state index >= 15 is 0 Å². The summed E-state index contributed by atoms with van der Waals surface area (Å²) in [7, 11) is -3.80. The number of amides is 2. The van der Waals surface area contributed by atoms with Crippen molar-refractivity contribution in [2.24, 2.45) is 27.3 Å². The number of primary sulfonamides is 1. The predicted octanol–water partition coefficient (Wildman–Crippen LogP) is 2.44. The lowest BCUT2D eigenvalue weighted by Gasteiger charge is -2.16. The van der Waals surface area contributed by atoms with Crippen LogP contribution in [0.25, 0.3) is 0 Å². The third-order valence-corrected chi connectivity index (χ3v) is 7.67. The summed E-state index contributed by atoms with van der Waals surface area (Å²) in [6.07, 6.45) is 0.665. The number of hydrogen-bond donors (Lipinski definition) is 6. The Kier molecular flexibility index (Phi) is 11.0. The topological polar surface area (TPSA) is 218 Å².